The van der Waals surface area contributed by atoms with Crippen molar-refractivity contribution < 1.29 is 38.6 Å². The van der Waals surface area contributed by atoms with Crippen molar-refractivity contribution in [1.82, 2.24) is 0 Å². The van der Waals surface area contributed by atoms with Gasteiger partial charge in [0.2, 0.25) is 0 Å². The quantitative estimate of drug-likeness (QED) is 0.402. The van der Waals surface area contributed by atoms with Gasteiger partial charge in [0.1, 0.15) is 24.7 Å². The summed E-state index contributed by atoms with van der Waals surface area (Å²) >= 11 is 0. The lowest BCUT2D eigenvalue weighted by molar-refractivity contribution is -0.0156. The largest absolute Gasteiger partial charge is 0.491 e. The highest BCUT2D eigenvalue weighted by molar-refractivity contribution is 5.60. The van der Waals surface area contributed by atoms with Crippen LogP contribution in [0.4, 0.5) is 0 Å². The van der Waals surface area contributed by atoms with Crippen molar-refractivity contribution in [3.8, 4) is 11.5 Å². The summed E-state index contributed by atoms with van der Waals surface area (Å²) in [7, 11) is 3.28. The van der Waals surface area contributed by atoms with Gasteiger partial charge >= 0.3 is 0 Å². The van der Waals surface area contributed by atoms with Gasteiger partial charge in [0.15, 0.2) is 0 Å². The zero-order chi connectivity index (χ0) is 23.9. The number of benzene rings is 2. The minimum Gasteiger partial charge on any atom is -0.491 e. The zero-order valence-corrected chi connectivity index (χ0v) is 19.8. The molecule has 0 aliphatic heterocycles. The van der Waals surface area contributed by atoms with Crippen molar-refractivity contribution in [2.45, 2.75) is 24.0 Å². The Morgan fingerprint density at radius 3 is 1.38 bits per heavy atom. The molecule has 3 aliphatic rings. The maximum atomic E-state index is 10.9. The second kappa shape index (κ2) is 12.0. The molecule has 0 saturated heterocycles. The van der Waals surface area contributed by atoms with E-state index in [0.29, 0.717) is 52.9 Å². The fraction of sp³-hybridized carbons (Fsp3) is 0.538. The smallest absolute Gasteiger partial charge is 0.119 e. The Hall–Kier alpha value is -2.20. The summed E-state index contributed by atoms with van der Waals surface area (Å²) in [4.78, 5) is 0. The molecule has 0 radical (unpaired) electrons. The van der Waals surface area contributed by atoms with Gasteiger partial charge < -0.3 is 38.6 Å². The maximum Gasteiger partial charge on any atom is 0.119 e. The van der Waals surface area contributed by atoms with E-state index in [2.05, 4.69) is 0 Å². The van der Waals surface area contributed by atoms with Crippen LogP contribution in [0.3, 0.4) is 0 Å². The van der Waals surface area contributed by atoms with E-state index in [-0.39, 0.29) is 11.8 Å². The van der Waals surface area contributed by atoms with Crippen molar-refractivity contribution in [3.63, 3.8) is 0 Å². The van der Waals surface area contributed by atoms with Gasteiger partial charge in [0, 0.05) is 26.1 Å². The third-order valence-electron chi connectivity index (χ3n) is 6.35. The molecule has 8 heteroatoms. The molecule has 0 fully saturated rings. The lowest BCUT2D eigenvalue weighted by atomic mass is 9.61. The summed E-state index contributed by atoms with van der Waals surface area (Å²) in [5.74, 6) is 0.799. The van der Waals surface area contributed by atoms with Crippen LogP contribution >= 0.6 is 0 Å². The predicted molar refractivity (Wildman–Crippen MR) is 125 cm³/mol. The molecule has 34 heavy (non-hydrogen) atoms. The second-order valence-corrected chi connectivity index (χ2v) is 8.43. The van der Waals surface area contributed by atoms with Crippen molar-refractivity contribution in [2.24, 2.45) is 0 Å². The summed E-state index contributed by atoms with van der Waals surface area (Å²) < 4.78 is 32.5. The van der Waals surface area contributed by atoms with Crippen molar-refractivity contribution in [1.29, 1.82) is 0 Å². The molecule has 0 aromatic heterocycles. The molecule has 3 aliphatic carbocycles. The third kappa shape index (κ3) is 5.38. The molecule has 2 N–H and O–H groups in total. The number of hydrogen-bond acceptors (Lipinski definition) is 8. The first kappa shape index (κ1) is 24.9. The summed E-state index contributed by atoms with van der Waals surface area (Å²) in [5.41, 5.74) is 4.01. The predicted octanol–water partition coefficient (Wildman–Crippen LogP) is 2.08. The van der Waals surface area contributed by atoms with Gasteiger partial charge in [-0.25, -0.2) is 0 Å². The SMILES string of the molecule is COCCOCCOc1ccc2c(c1)[C@H]1c3ccc(OCCOCCOC)cc3[C@@H]2C(O)C1O. The average molecular weight is 475 g/mol. The van der Waals surface area contributed by atoms with Gasteiger partial charge in [-0.3, -0.25) is 0 Å². The minimum atomic E-state index is -0.876. The average Bonchev–Trinajstić information content (AvgIpc) is 2.85. The van der Waals surface area contributed by atoms with Crippen LogP contribution < -0.4 is 9.47 Å². The molecule has 0 amide bonds. The Kier molecular flexibility index (Phi) is 8.77. The Labute approximate surface area is 200 Å². The summed E-state index contributed by atoms with van der Waals surface area (Å²) in [6, 6.07) is 11.7. The van der Waals surface area contributed by atoms with E-state index >= 15 is 0 Å². The van der Waals surface area contributed by atoms with Crippen molar-refractivity contribution >= 4 is 0 Å². The topological polar surface area (TPSA) is 95.8 Å². The van der Waals surface area contributed by atoms with Crippen LogP contribution in [0.5, 0.6) is 11.5 Å². The number of hydrogen-bond donors (Lipinski definition) is 2. The number of ether oxygens (including phenoxy) is 6. The number of methoxy groups -OCH3 is 2. The molecule has 8 nitrogen and oxygen atoms in total. The highest BCUT2D eigenvalue weighted by Crippen LogP contribution is 2.54. The maximum absolute atomic E-state index is 10.9. The van der Waals surface area contributed by atoms with Gasteiger partial charge in [0.25, 0.3) is 0 Å². The van der Waals surface area contributed by atoms with Gasteiger partial charge in [-0.05, 0) is 46.5 Å². The molecular formula is C26H34O8. The molecule has 2 unspecified atom stereocenters. The normalized spacial score (nSPS) is 22.4. The van der Waals surface area contributed by atoms with E-state index in [9.17, 15) is 10.2 Å². The lowest BCUT2D eigenvalue weighted by Crippen LogP contribution is -2.47. The van der Waals surface area contributed by atoms with E-state index in [1.807, 2.05) is 36.4 Å². The van der Waals surface area contributed by atoms with Gasteiger partial charge in [-0.15, -0.1) is 0 Å². The van der Waals surface area contributed by atoms with E-state index in [0.717, 1.165) is 33.8 Å². The minimum absolute atomic E-state index is 0.321. The first-order chi connectivity index (χ1) is 16.7. The first-order valence-electron chi connectivity index (χ1n) is 11.7. The van der Waals surface area contributed by atoms with Gasteiger partial charge in [-0.2, -0.15) is 0 Å². The van der Waals surface area contributed by atoms with Gasteiger partial charge in [0.05, 0.1) is 51.8 Å². The lowest BCUT2D eigenvalue weighted by Gasteiger charge is -2.46. The van der Waals surface area contributed by atoms with Crippen LogP contribution in [-0.2, 0) is 18.9 Å². The molecule has 4 atom stereocenters. The summed E-state index contributed by atoms with van der Waals surface area (Å²) in [6.07, 6.45) is -1.75. The third-order valence-corrected chi connectivity index (χ3v) is 6.35. The standard InChI is InChI=1S/C26H34O8/c1-29-7-9-31-11-13-33-17-3-5-19-21(15-17)23-20-6-4-18(34-14-12-32-10-8-30-2)16-22(20)24(19)26(28)25(23)27/h3-6,15-16,23-28H,7-14H2,1-2H3/t23-,24-,25?,26?/m1/s1. The monoisotopic (exact) mass is 474 g/mol. The molecule has 2 aromatic rings. The first-order valence-corrected chi connectivity index (χ1v) is 11.7. The number of aliphatic hydroxyl groups excluding tert-OH is 2. The van der Waals surface area contributed by atoms with Gasteiger partial charge in [-0.1, -0.05) is 12.1 Å². The van der Waals surface area contributed by atoms with E-state index in [1.54, 1.807) is 14.2 Å². The zero-order valence-electron chi connectivity index (χ0n) is 19.8. The molecule has 0 heterocycles. The molecule has 2 bridgehead atoms. The van der Waals surface area contributed by atoms with E-state index in [1.165, 1.54) is 0 Å². The number of fused-ring (bicyclic) bond motifs is 1. The summed E-state index contributed by atoms with van der Waals surface area (Å²) in [5, 5.41) is 21.8. The van der Waals surface area contributed by atoms with Crippen LogP contribution in [-0.4, -0.2) is 89.5 Å². The van der Waals surface area contributed by atoms with Crippen molar-refractivity contribution in [2.75, 3.05) is 67.1 Å². The van der Waals surface area contributed by atoms with Crippen molar-refractivity contribution in [3.05, 3.63) is 58.7 Å². The highest BCUT2D eigenvalue weighted by atomic mass is 16.5. The Bertz CT molecular complexity index is 858. The second-order valence-electron chi connectivity index (χ2n) is 8.43. The Morgan fingerprint density at radius 1 is 0.559 bits per heavy atom. The molecule has 0 saturated carbocycles. The van der Waals surface area contributed by atoms with E-state index < -0.39 is 12.2 Å². The van der Waals surface area contributed by atoms with Crippen LogP contribution in [0.15, 0.2) is 36.4 Å². The van der Waals surface area contributed by atoms with Crippen LogP contribution in [0.1, 0.15) is 34.1 Å². The van der Waals surface area contributed by atoms with Crippen LogP contribution in [0.25, 0.3) is 0 Å². The Balaban J connectivity index is 1.45. The molecule has 186 valence electrons. The molecule has 0 spiro atoms. The van der Waals surface area contributed by atoms with Crippen LogP contribution in [0.2, 0.25) is 0 Å². The molecule has 2 aromatic carbocycles. The van der Waals surface area contributed by atoms with E-state index in [4.69, 9.17) is 28.4 Å². The highest BCUT2D eigenvalue weighted by Gasteiger charge is 2.49. The fourth-order valence-corrected chi connectivity index (χ4v) is 4.78. The summed E-state index contributed by atoms with van der Waals surface area (Å²) in [6.45, 7) is 3.95. The number of rotatable bonds is 14. The van der Waals surface area contributed by atoms with Crippen LogP contribution in [0, 0.1) is 0 Å². The number of aliphatic hydroxyl groups is 2. The fourth-order valence-electron chi connectivity index (χ4n) is 4.78. The Morgan fingerprint density at radius 2 is 0.971 bits per heavy atom. The molecule has 5 rings (SSSR count). The molecular weight excluding hydrogens is 440 g/mol.